The van der Waals surface area contributed by atoms with Crippen LogP contribution in [0.25, 0.3) is 0 Å². The Hall–Kier alpha value is -0.0700. The SMILES string of the molecule is CCCCCCCC/C=C\CCCCCCCC[PH](=O)OCCC. The molecule has 0 aliphatic rings. The molecule has 0 heterocycles. The van der Waals surface area contributed by atoms with Gasteiger partial charge in [0.25, 0.3) is 0 Å². The fourth-order valence-electron chi connectivity index (χ4n) is 2.80. The van der Waals surface area contributed by atoms with Gasteiger partial charge in [-0.25, -0.2) is 0 Å². The summed E-state index contributed by atoms with van der Waals surface area (Å²) in [6, 6.07) is 0. The quantitative estimate of drug-likeness (QED) is 0.133. The van der Waals surface area contributed by atoms with Crippen molar-refractivity contribution in [1.82, 2.24) is 0 Å². The van der Waals surface area contributed by atoms with Crippen LogP contribution in [0.15, 0.2) is 12.2 Å². The van der Waals surface area contributed by atoms with Crippen molar-refractivity contribution in [3.8, 4) is 0 Å². The molecule has 0 rings (SSSR count). The molecule has 24 heavy (non-hydrogen) atoms. The van der Waals surface area contributed by atoms with Crippen molar-refractivity contribution >= 4 is 8.03 Å². The predicted octanol–water partition coefficient (Wildman–Crippen LogP) is 7.93. The molecule has 3 heteroatoms. The molecule has 0 aliphatic carbocycles. The molecule has 0 radical (unpaired) electrons. The van der Waals surface area contributed by atoms with Crippen LogP contribution in [-0.2, 0) is 9.09 Å². The van der Waals surface area contributed by atoms with Gasteiger partial charge in [-0.15, -0.1) is 0 Å². The first-order chi connectivity index (χ1) is 11.8. The maximum absolute atomic E-state index is 11.5. The van der Waals surface area contributed by atoms with E-state index in [0.29, 0.717) is 6.61 Å². The Kier molecular flexibility index (Phi) is 20.9. The van der Waals surface area contributed by atoms with E-state index in [4.69, 9.17) is 4.52 Å². The summed E-state index contributed by atoms with van der Waals surface area (Å²) in [4.78, 5) is 0. The third-order valence-corrected chi connectivity index (χ3v) is 5.65. The highest BCUT2D eigenvalue weighted by Gasteiger charge is 1.98. The number of hydrogen-bond donors (Lipinski definition) is 0. The highest BCUT2D eigenvalue weighted by Crippen LogP contribution is 2.24. The number of unbranched alkanes of at least 4 members (excludes halogenated alkanes) is 12. The summed E-state index contributed by atoms with van der Waals surface area (Å²) in [5, 5.41) is 0. The molecule has 1 unspecified atom stereocenters. The maximum atomic E-state index is 11.5. The second kappa shape index (κ2) is 21.0. The first-order valence-corrected chi connectivity index (χ1v) is 12.1. The predicted molar refractivity (Wildman–Crippen MR) is 110 cm³/mol. The van der Waals surface area contributed by atoms with E-state index in [9.17, 15) is 4.57 Å². The summed E-state index contributed by atoms with van der Waals surface area (Å²) >= 11 is 0. The van der Waals surface area contributed by atoms with Crippen LogP contribution in [0.4, 0.5) is 0 Å². The van der Waals surface area contributed by atoms with Crippen LogP contribution in [0, 0.1) is 0 Å². The van der Waals surface area contributed by atoms with Gasteiger partial charge in [0.2, 0.25) is 0 Å². The summed E-state index contributed by atoms with van der Waals surface area (Å²) in [5.74, 6) is 0. The van der Waals surface area contributed by atoms with Crippen molar-refractivity contribution in [2.45, 2.75) is 110 Å². The Bertz CT molecular complexity index is 290. The van der Waals surface area contributed by atoms with Gasteiger partial charge in [0.15, 0.2) is 8.03 Å². The largest absolute Gasteiger partial charge is 0.330 e. The molecule has 0 saturated carbocycles. The first-order valence-electron chi connectivity index (χ1n) is 10.6. The van der Waals surface area contributed by atoms with Crippen molar-refractivity contribution in [1.29, 1.82) is 0 Å². The van der Waals surface area contributed by atoms with Crippen LogP contribution in [-0.4, -0.2) is 12.8 Å². The average molecular weight is 359 g/mol. The fourth-order valence-corrected chi connectivity index (χ4v) is 3.92. The Morgan fingerprint density at radius 2 is 1.17 bits per heavy atom. The van der Waals surface area contributed by atoms with Crippen LogP contribution in [0.1, 0.15) is 110 Å². The highest BCUT2D eigenvalue weighted by atomic mass is 31.1. The molecule has 0 amide bonds. The zero-order valence-corrected chi connectivity index (χ0v) is 17.5. The van der Waals surface area contributed by atoms with E-state index in [1.165, 1.54) is 83.5 Å². The highest BCUT2D eigenvalue weighted by molar-refractivity contribution is 7.39. The van der Waals surface area contributed by atoms with E-state index >= 15 is 0 Å². The van der Waals surface area contributed by atoms with E-state index in [2.05, 4.69) is 26.0 Å². The van der Waals surface area contributed by atoms with Crippen molar-refractivity contribution < 1.29 is 9.09 Å². The van der Waals surface area contributed by atoms with Crippen LogP contribution >= 0.6 is 8.03 Å². The lowest BCUT2D eigenvalue weighted by Gasteiger charge is -2.03. The van der Waals surface area contributed by atoms with E-state index in [0.717, 1.165) is 19.0 Å². The summed E-state index contributed by atoms with van der Waals surface area (Å²) in [5.41, 5.74) is 0. The molecular weight excluding hydrogens is 315 g/mol. The second-order valence-electron chi connectivity index (χ2n) is 6.91. The molecule has 0 aromatic heterocycles. The van der Waals surface area contributed by atoms with Gasteiger partial charge in [-0.2, -0.15) is 0 Å². The zero-order valence-electron chi connectivity index (χ0n) is 16.5. The topological polar surface area (TPSA) is 26.3 Å². The monoisotopic (exact) mass is 358 g/mol. The van der Waals surface area contributed by atoms with Gasteiger partial charge in [-0.05, 0) is 38.5 Å². The average Bonchev–Trinajstić information content (AvgIpc) is 2.59. The molecule has 0 N–H and O–H groups in total. The Morgan fingerprint density at radius 3 is 1.71 bits per heavy atom. The van der Waals surface area contributed by atoms with Crippen molar-refractivity contribution in [2.75, 3.05) is 12.8 Å². The first kappa shape index (κ1) is 23.9. The van der Waals surface area contributed by atoms with Crippen LogP contribution < -0.4 is 0 Å². The van der Waals surface area contributed by atoms with Crippen LogP contribution in [0.3, 0.4) is 0 Å². The number of allylic oxidation sites excluding steroid dienone is 2. The van der Waals surface area contributed by atoms with Gasteiger partial charge < -0.3 is 4.52 Å². The number of hydrogen-bond acceptors (Lipinski definition) is 2. The minimum absolute atomic E-state index is 0.657. The zero-order chi connectivity index (χ0) is 17.7. The maximum Gasteiger partial charge on any atom is 0.191 e. The molecule has 0 aliphatic heterocycles. The van der Waals surface area contributed by atoms with Gasteiger partial charge >= 0.3 is 0 Å². The van der Waals surface area contributed by atoms with E-state index < -0.39 is 8.03 Å². The Morgan fingerprint density at radius 1 is 0.667 bits per heavy atom. The lowest BCUT2D eigenvalue weighted by molar-refractivity contribution is 0.328. The molecule has 0 aromatic rings. The minimum atomic E-state index is -1.73. The number of rotatable bonds is 19. The summed E-state index contributed by atoms with van der Waals surface area (Å²) < 4.78 is 16.8. The molecule has 0 aromatic carbocycles. The van der Waals surface area contributed by atoms with Gasteiger partial charge in [0.05, 0.1) is 6.61 Å². The van der Waals surface area contributed by atoms with Crippen molar-refractivity contribution in [2.24, 2.45) is 0 Å². The summed E-state index contributed by atoms with van der Waals surface area (Å²) in [6.07, 6.45) is 24.9. The molecule has 0 fully saturated rings. The van der Waals surface area contributed by atoms with E-state index in [1.54, 1.807) is 0 Å². The lowest BCUT2D eigenvalue weighted by atomic mass is 10.1. The molecular formula is C21H43O2P. The minimum Gasteiger partial charge on any atom is -0.330 e. The third kappa shape index (κ3) is 20.0. The normalized spacial score (nSPS) is 12.9. The lowest BCUT2D eigenvalue weighted by Crippen LogP contribution is -1.87. The summed E-state index contributed by atoms with van der Waals surface area (Å²) in [6.45, 7) is 4.98. The Balaban J connectivity index is 3.14. The van der Waals surface area contributed by atoms with E-state index in [-0.39, 0.29) is 0 Å². The van der Waals surface area contributed by atoms with Gasteiger partial charge in [-0.3, -0.25) is 4.57 Å². The molecule has 2 nitrogen and oxygen atoms in total. The molecule has 0 bridgehead atoms. The molecule has 1 atom stereocenters. The van der Waals surface area contributed by atoms with Gasteiger partial charge in [-0.1, -0.05) is 83.8 Å². The second-order valence-corrected chi connectivity index (χ2v) is 8.44. The smallest absolute Gasteiger partial charge is 0.191 e. The van der Waals surface area contributed by atoms with Crippen LogP contribution in [0.2, 0.25) is 0 Å². The van der Waals surface area contributed by atoms with Gasteiger partial charge in [0.1, 0.15) is 0 Å². The van der Waals surface area contributed by atoms with E-state index in [1.807, 2.05) is 0 Å². The summed E-state index contributed by atoms with van der Waals surface area (Å²) in [7, 11) is -1.73. The molecule has 144 valence electrons. The van der Waals surface area contributed by atoms with Gasteiger partial charge in [0, 0.05) is 6.16 Å². The van der Waals surface area contributed by atoms with Crippen LogP contribution in [0.5, 0.6) is 0 Å². The molecule has 0 saturated heterocycles. The van der Waals surface area contributed by atoms with Crippen molar-refractivity contribution in [3.63, 3.8) is 0 Å². The molecule has 0 spiro atoms. The standard InChI is InChI=1S/C21H43O2P/c1-3-5-6-7-8-9-10-11-12-13-14-15-16-17-18-19-21-24(22)23-20-4-2/h11-12,24H,3-10,13-21H2,1-2H3/b12-11-. The van der Waals surface area contributed by atoms with Crippen molar-refractivity contribution in [3.05, 3.63) is 12.2 Å². The Labute approximate surface area is 152 Å². The fraction of sp³-hybridized carbons (Fsp3) is 0.905. The third-order valence-electron chi connectivity index (χ3n) is 4.36.